The number of aliphatic carboxylic acids is 1. The van der Waals surface area contributed by atoms with Crippen molar-refractivity contribution in [3.8, 4) is 11.1 Å². The zero-order valence-electron chi connectivity index (χ0n) is 20.3. The van der Waals surface area contributed by atoms with Crippen LogP contribution in [0.4, 0.5) is 4.79 Å². The molecule has 7 nitrogen and oxygen atoms in total. The molecule has 4 rings (SSSR count). The molecule has 3 atom stereocenters. The predicted molar refractivity (Wildman–Crippen MR) is 136 cm³/mol. The van der Waals surface area contributed by atoms with Gasteiger partial charge in [0.15, 0.2) is 0 Å². The lowest BCUT2D eigenvalue weighted by Crippen LogP contribution is -2.49. The summed E-state index contributed by atoms with van der Waals surface area (Å²) in [6.07, 6.45) is 0.130. The molecule has 8 heteroatoms. The highest BCUT2D eigenvalue weighted by Crippen LogP contribution is 2.44. The number of carbonyl (C=O) groups excluding carboxylic acids is 2. The van der Waals surface area contributed by atoms with Gasteiger partial charge in [0.2, 0.25) is 5.91 Å². The van der Waals surface area contributed by atoms with E-state index in [1.165, 1.54) is 16.7 Å². The number of nitrogens with one attached hydrogen (secondary N) is 1. The first-order valence-corrected chi connectivity index (χ1v) is 13.1. The van der Waals surface area contributed by atoms with Gasteiger partial charge >= 0.3 is 12.1 Å². The highest BCUT2D eigenvalue weighted by molar-refractivity contribution is 8.00. The summed E-state index contributed by atoms with van der Waals surface area (Å²) in [6.45, 7) is 5.98. The first kappa shape index (κ1) is 25.1. The van der Waals surface area contributed by atoms with Crippen LogP contribution in [-0.2, 0) is 14.3 Å². The molecule has 186 valence electrons. The highest BCUT2D eigenvalue weighted by Gasteiger charge is 2.41. The minimum atomic E-state index is -0.993. The number of carboxylic acids is 1. The van der Waals surface area contributed by atoms with Crippen LogP contribution in [0.3, 0.4) is 0 Å². The maximum atomic E-state index is 13.1. The van der Waals surface area contributed by atoms with Gasteiger partial charge < -0.3 is 20.1 Å². The fraction of sp³-hybridized carbons (Fsp3) is 0.444. The SMILES string of the molecule is CCC1SCC(C(=O)O)N1C(=O)CC(NC(=O)OCC1c2ccccc2-c2ccccc21)C(C)C. The van der Waals surface area contributed by atoms with Gasteiger partial charge in [-0.1, -0.05) is 69.3 Å². The first-order valence-electron chi connectivity index (χ1n) is 12.1. The molecule has 2 amide bonds. The monoisotopic (exact) mass is 496 g/mol. The van der Waals surface area contributed by atoms with Crippen LogP contribution >= 0.6 is 11.8 Å². The fourth-order valence-corrected chi connectivity index (χ4v) is 6.31. The number of ether oxygens (including phenoxy) is 1. The van der Waals surface area contributed by atoms with Gasteiger partial charge in [-0.05, 0) is 34.6 Å². The molecule has 2 aromatic carbocycles. The van der Waals surface area contributed by atoms with Crippen LogP contribution in [0.15, 0.2) is 48.5 Å². The number of hydrogen-bond donors (Lipinski definition) is 2. The largest absolute Gasteiger partial charge is 0.480 e. The Hall–Kier alpha value is -3.00. The average molecular weight is 497 g/mol. The van der Waals surface area contributed by atoms with E-state index in [0.717, 1.165) is 22.3 Å². The van der Waals surface area contributed by atoms with Crippen LogP contribution in [0.25, 0.3) is 11.1 Å². The van der Waals surface area contributed by atoms with E-state index < -0.39 is 24.1 Å². The lowest BCUT2D eigenvalue weighted by atomic mass is 9.98. The molecule has 0 saturated carbocycles. The summed E-state index contributed by atoms with van der Waals surface area (Å²) in [5.74, 6) is -0.945. The Bertz CT molecular complexity index is 1060. The maximum Gasteiger partial charge on any atom is 0.407 e. The molecular weight excluding hydrogens is 464 g/mol. The second-order valence-corrected chi connectivity index (χ2v) is 10.6. The van der Waals surface area contributed by atoms with Crippen molar-refractivity contribution in [2.24, 2.45) is 5.92 Å². The lowest BCUT2D eigenvalue weighted by Gasteiger charge is -2.30. The van der Waals surface area contributed by atoms with E-state index in [1.807, 2.05) is 45.0 Å². The number of fused-ring (bicyclic) bond motifs is 3. The van der Waals surface area contributed by atoms with Crippen molar-refractivity contribution in [3.63, 3.8) is 0 Å². The zero-order chi connectivity index (χ0) is 25.1. The van der Waals surface area contributed by atoms with Crippen LogP contribution in [0.2, 0.25) is 0 Å². The number of carbonyl (C=O) groups is 3. The minimum Gasteiger partial charge on any atom is -0.480 e. The molecular formula is C27H32N2O5S. The molecule has 1 aliphatic carbocycles. The molecule has 1 heterocycles. The van der Waals surface area contributed by atoms with Crippen molar-refractivity contribution in [1.29, 1.82) is 0 Å². The average Bonchev–Trinajstić information content (AvgIpc) is 3.42. The second kappa shape index (κ2) is 10.7. The van der Waals surface area contributed by atoms with E-state index in [4.69, 9.17) is 4.74 Å². The van der Waals surface area contributed by atoms with Crippen LogP contribution in [0, 0.1) is 5.92 Å². The smallest absolute Gasteiger partial charge is 0.407 e. The highest BCUT2D eigenvalue weighted by atomic mass is 32.2. The Morgan fingerprint density at radius 2 is 1.69 bits per heavy atom. The van der Waals surface area contributed by atoms with Gasteiger partial charge in [0.05, 0.1) is 5.37 Å². The number of benzene rings is 2. The molecule has 0 aromatic heterocycles. The zero-order valence-corrected chi connectivity index (χ0v) is 21.1. The molecule has 0 spiro atoms. The molecule has 1 saturated heterocycles. The number of hydrogen-bond acceptors (Lipinski definition) is 5. The Balaban J connectivity index is 1.40. The normalized spacial score (nSPS) is 19.8. The molecule has 1 aliphatic heterocycles. The number of thioether (sulfide) groups is 1. The van der Waals surface area contributed by atoms with E-state index >= 15 is 0 Å². The molecule has 0 radical (unpaired) electrons. The first-order chi connectivity index (χ1) is 16.8. The van der Waals surface area contributed by atoms with Crippen molar-refractivity contribution in [3.05, 3.63) is 59.7 Å². The predicted octanol–water partition coefficient (Wildman–Crippen LogP) is 4.70. The third-order valence-electron chi connectivity index (χ3n) is 6.86. The van der Waals surface area contributed by atoms with Crippen LogP contribution in [0.1, 0.15) is 50.7 Å². The van der Waals surface area contributed by atoms with Crippen LogP contribution in [0.5, 0.6) is 0 Å². The van der Waals surface area contributed by atoms with E-state index in [-0.39, 0.29) is 36.1 Å². The van der Waals surface area contributed by atoms with Crippen molar-refractivity contribution in [2.45, 2.75) is 57.0 Å². The summed E-state index contributed by atoms with van der Waals surface area (Å²) >= 11 is 1.49. The Morgan fingerprint density at radius 1 is 1.09 bits per heavy atom. The lowest BCUT2D eigenvalue weighted by molar-refractivity contribution is -0.149. The van der Waals surface area contributed by atoms with E-state index in [9.17, 15) is 19.5 Å². The summed E-state index contributed by atoms with van der Waals surface area (Å²) in [5.41, 5.74) is 4.58. The molecule has 35 heavy (non-hydrogen) atoms. The molecule has 2 aliphatic rings. The molecule has 2 aromatic rings. The third kappa shape index (κ3) is 5.17. The van der Waals surface area contributed by atoms with Gasteiger partial charge in [0.25, 0.3) is 0 Å². The number of nitrogens with zero attached hydrogens (tertiary/aromatic N) is 1. The number of amides is 2. The Labute approximate surface area is 210 Å². The quantitative estimate of drug-likeness (QED) is 0.550. The molecule has 2 N–H and O–H groups in total. The molecule has 0 bridgehead atoms. The summed E-state index contributed by atoms with van der Waals surface area (Å²) in [7, 11) is 0. The molecule has 1 fully saturated rings. The second-order valence-electron chi connectivity index (χ2n) is 9.38. The maximum absolute atomic E-state index is 13.1. The van der Waals surface area contributed by atoms with Gasteiger partial charge in [-0.2, -0.15) is 0 Å². The fourth-order valence-electron chi connectivity index (χ4n) is 4.94. The molecule has 3 unspecified atom stereocenters. The number of rotatable bonds is 8. The standard InChI is InChI=1S/C27H32N2O5S/c1-4-25-29(23(15-35-25)26(31)32)24(30)13-22(16(2)3)28-27(33)34-14-21-19-11-7-5-9-17(19)18-10-6-8-12-20(18)21/h5-12,16,21-23,25H,4,13-15H2,1-3H3,(H,28,33)(H,31,32). The topological polar surface area (TPSA) is 95.9 Å². The van der Waals surface area contributed by atoms with E-state index in [2.05, 4.69) is 29.6 Å². The summed E-state index contributed by atoms with van der Waals surface area (Å²) in [5, 5.41) is 12.2. The van der Waals surface area contributed by atoms with Crippen LogP contribution in [-0.4, -0.2) is 57.8 Å². The van der Waals surface area contributed by atoms with Gasteiger partial charge in [-0.3, -0.25) is 4.79 Å². The summed E-state index contributed by atoms with van der Waals surface area (Å²) < 4.78 is 5.66. The third-order valence-corrected chi connectivity index (χ3v) is 8.31. The summed E-state index contributed by atoms with van der Waals surface area (Å²) in [4.78, 5) is 39.0. The Morgan fingerprint density at radius 3 is 2.23 bits per heavy atom. The van der Waals surface area contributed by atoms with Crippen molar-refractivity contribution >= 4 is 29.7 Å². The van der Waals surface area contributed by atoms with Crippen molar-refractivity contribution < 1.29 is 24.2 Å². The minimum absolute atomic E-state index is 0.0296. The van der Waals surface area contributed by atoms with Gasteiger partial charge in [-0.25, -0.2) is 9.59 Å². The summed E-state index contributed by atoms with van der Waals surface area (Å²) in [6, 6.07) is 15.0. The Kier molecular flexibility index (Phi) is 7.69. The van der Waals surface area contributed by atoms with E-state index in [0.29, 0.717) is 12.2 Å². The van der Waals surface area contributed by atoms with Gasteiger partial charge in [0.1, 0.15) is 12.6 Å². The van der Waals surface area contributed by atoms with Crippen molar-refractivity contribution in [1.82, 2.24) is 10.2 Å². The van der Waals surface area contributed by atoms with Crippen molar-refractivity contribution in [2.75, 3.05) is 12.4 Å². The van der Waals surface area contributed by atoms with Gasteiger partial charge in [-0.15, -0.1) is 11.8 Å². The van der Waals surface area contributed by atoms with E-state index in [1.54, 1.807) is 0 Å². The van der Waals surface area contributed by atoms with Crippen LogP contribution < -0.4 is 5.32 Å². The van der Waals surface area contributed by atoms with Gasteiger partial charge in [0, 0.05) is 24.1 Å². The number of carboxylic acid groups (broad SMARTS) is 1. The number of alkyl carbamates (subject to hydrolysis) is 1.